The molecule has 0 aromatic carbocycles. The quantitative estimate of drug-likeness (QED) is 0.739. The molecule has 1 atom stereocenters. The van der Waals surface area contributed by atoms with Crippen LogP contribution in [0.15, 0.2) is 0 Å². The maximum atomic E-state index is 5.76. The van der Waals surface area contributed by atoms with Crippen molar-refractivity contribution in [1.29, 1.82) is 0 Å². The van der Waals surface area contributed by atoms with Gasteiger partial charge >= 0.3 is 0 Å². The summed E-state index contributed by atoms with van der Waals surface area (Å²) in [6.45, 7) is 2.18. The lowest BCUT2D eigenvalue weighted by molar-refractivity contribution is 0.361. The lowest BCUT2D eigenvalue weighted by atomic mass is 10.00. The molecule has 4 nitrogen and oxygen atoms in total. The van der Waals surface area contributed by atoms with Gasteiger partial charge in [0.15, 0.2) is 4.77 Å². The Labute approximate surface area is 88.5 Å². The molecule has 1 unspecified atom stereocenters. The van der Waals surface area contributed by atoms with Crippen LogP contribution in [0.1, 0.15) is 38.6 Å². The van der Waals surface area contributed by atoms with Crippen molar-refractivity contribution in [2.45, 2.75) is 38.6 Å². The van der Waals surface area contributed by atoms with E-state index >= 15 is 0 Å². The summed E-state index contributed by atoms with van der Waals surface area (Å²) in [5.41, 5.74) is 5.76. The molecule has 1 fully saturated rings. The third-order valence-electron chi connectivity index (χ3n) is 3.22. The normalized spacial score (nSPS) is 20.1. The number of anilines is 1. The van der Waals surface area contributed by atoms with Crippen LogP contribution < -0.4 is 5.73 Å². The number of nitrogens with one attached hydrogen (secondary N) is 1. The second kappa shape index (κ2) is 3.73. The van der Waals surface area contributed by atoms with Gasteiger partial charge < -0.3 is 5.73 Å². The molecule has 78 valence electrons. The highest BCUT2D eigenvalue weighted by Crippen LogP contribution is 2.34. The van der Waals surface area contributed by atoms with Crippen LogP contribution in [0, 0.1) is 10.7 Å². The minimum absolute atomic E-state index is 0.378. The van der Waals surface area contributed by atoms with Gasteiger partial charge in [-0.3, -0.25) is 4.57 Å². The van der Waals surface area contributed by atoms with Crippen molar-refractivity contribution in [2.75, 3.05) is 5.73 Å². The lowest BCUT2D eigenvalue weighted by Crippen LogP contribution is -2.16. The summed E-state index contributed by atoms with van der Waals surface area (Å²) in [6.07, 6.45) is 5.24. The van der Waals surface area contributed by atoms with Crippen LogP contribution in [-0.2, 0) is 0 Å². The van der Waals surface area contributed by atoms with Gasteiger partial charge in [0.25, 0.3) is 0 Å². The topological polar surface area (TPSA) is 59.6 Å². The zero-order chi connectivity index (χ0) is 10.1. The second-order valence-electron chi connectivity index (χ2n) is 4.04. The fourth-order valence-corrected chi connectivity index (χ4v) is 2.67. The molecule has 1 heterocycles. The third-order valence-corrected chi connectivity index (χ3v) is 3.51. The first-order valence-corrected chi connectivity index (χ1v) is 5.53. The number of nitrogens with two attached hydrogens (primary N) is 1. The summed E-state index contributed by atoms with van der Waals surface area (Å²) in [4.78, 5) is 0. The van der Waals surface area contributed by atoms with E-state index in [0.717, 1.165) is 0 Å². The standard InChI is InChI=1S/C9H16N4S/c1-6(7-4-2-3-5-7)13-8(10)11-12-9(13)14/h6-7H,2-5H2,1H3,(H2,10,11)(H,12,14). The Morgan fingerprint density at radius 3 is 2.71 bits per heavy atom. The van der Waals surface area contributed by atoms with E-state index in [1.165, 1.54) is 25.7 Å². The fourth-order valence-electron chi connectivity index (χ4n) is 2.36. The van der Waals surface area contributed by atoms with E-state index in [9.17, 15) is 0 Å². The van der Waals surface area contributed by atoms with E-state index in [2.05, 4.69) is 17.1 Å². The summed E-state index contributed by atoms with van der Waals surface area (Å²) < 4.78 is 2.58. The summed E-state index contributed by atoms with van der Waals surface area (Å²) in [7, 11) is 0. The molecule has 0 spiro atoms. The minimum Gasteiger partial charge on any atom is -0.368 e. The fraction of sp³-hybridized carbons (Fsp3) is 0.778. The molecule has 1 aromatic heterocycles. The van der Waals surface area contributed by atoms with E-state index < -0.39 is 0 Å². The Hall–Kier alpha value is -0.840. The Morgan fingerprint density at radius 2 is 2.21 bits per heavy atom. The molecule has 1 saturated carbocycles. The Morgan fingerprint density at radius 1 is 1.57 bits per heavy atom. The van der Waals surface area contributed by atoms with Crippen molar-refractivity contribution in [3.63, 3.8) is 0 Å². The molecule has 5 heteroatoms. The molecule has 1 aliphatic carbocycles. The van der Waals surface area contributed by atoms with Gasteiger partial charge in [-0.1, -0.05) is 12.8 Å². The molecule has 1 aliphatic rings. The first kappa shape index (κ1) is 9.71. The van der Waals surface area contributed by atoms with E-state index in [-0.39, 0.29) is 0 Å². The van der Waals surface area contributed by atoms with Crippen molar-refractivity contribution in [3.8, 4) is 0 Å². The molecule has 0 aliphatic heterocycles. The van der Waals surface area contributed by atoms with E-state index in [1.807, 2.05) is 4.57 Å². The highest BCUT2D eigenvalue weighted by Gasteiger charge is 2.24. The van der Waals surface area contributed by atoms with Gasteiger partial charge in [0, 0.05) is 6.04 Å². The number of nitrogens with zero attached hydrogens (tertiary/aromatic N) is 2. The number of aromatic amines is 1. The van der Waals surface area contributed by atoms with Gasteiger partial charge in [0.05, 0.1) is 0 Å². The highest BCUT2D eigenvalue weighted by atomic mass is 32.1. The Bertz CT molecular complexity index is 361. The molecule has 0 saturated heterocycles. The van der Waals surface area contributed by atoms with E-state index in [1.54, 1.807) is 0 Å². The van der Waals surface area contributed by atoms with E-state index in [0.29, 0.717) is 22.7 Å². The SMILES string of the molecule is CC(C1CCCC1)n1c(N)n[nH]c1=S. The Kier molecular flexibility index (Phi) is 2.58. The van der Waals surface area contributed by atoms with Crippen molar-refractivity contribution < 1.29 is 0 Å². The van der Waals surface area contributed by atoms with Crippen molar-refractivity contribution in [2.24, 2.45) is 5.92 Å². The van der Waals surface area contributed by atoms with Crippen LogP contribution in [0.2, 0.25) is 0 Å². The average molecular weight is 212 g/mol. The maximum absolute atomic E-state index is 5.76. The van der Waals surface area contributed by atoms with Crippen LogP contribution in [0.25, 0.3) is 0 Å². The van der Waals surface area contributed by atoms with Crippen LogP contribution in [-0.4, -0.2) is 14.8 Å². The van der Waals surface area contributed by atoms with Crippen LogP contribution in [0.5, 0.6) is 0 Å². The first-order valence-electron chi connectivity index (χ1n) is 5.12. The smallest absolute Gasteiger partial charge is 0.220 e. The van der Waals surface area contributed by atoms with Crippen molar-refractivity contribution in [1.82, 2.24) is 14.8 Å². The number of aromatic nitrogens is 3. The molecule has 14 heavy (non-hydrogen) atoms. The van der Waals surface area contributed by atoms with Gasteiger partial charge in [-0.15, -0.1) is 5.10 Å². The number of hydrogen-bond donors (Lipinski definition) is 2. The molecular formula is C9H16N4S. The van der Waals surface area contributed by atoms with Crippen LogP contribution >= 0.6 is 12.2 Å². The molecule has 2 rings (SSSR count). The number of rotatable bonds is 2. The van der Waals surface area contributed by atoms with Gasteiger partial charge in [-0.05, 0) is 37.9 Å². The summed E-state index contributed by atoms with van der Waals surface area (Å²) in [6, 6.07) is 0.378. The van der Waals surface area contributed by atoms with Crippen LogP contribution in [0.3, 0.4) is 0 Å². The lowest BCUT2D eigenvalue weighted by Gasteiger charge is -2.20. The molecular weight excluding hydrogens is 196 g/mol. The number of hydrogen-bond acceptors (Lipinski definition) is 3. The van der Waals surface area contributed by atoms with Gasteiger partial charge in [-0.25, -0.2) is 5.10 Å². The average Bonchev–Trinajstić information content (AvgIpc) is 2.75. The van der Waals surface area contributed by atoms with Gasteiger partial charge in [-0.2, -0.15) is 0 Å². The molecule has 1 aromatic rings. The zero-order valence-corrected chi connectivity index (χ0v) is 9.18. The summed E-state index contributed by atoms with van der Waals surface area (Å²) in [5, 5.41) is 6.66. The number of nitrogen functional groups attached to an aromatic ring is 1. The summed E-state index contributed by atoms with van der Waals surface area (Å²) >= 11 is 5.15. The second-order valence-corrected chi connectivity index (χ2v) is 4.43. The van der Waals surface area contributed by atoms with Crippen molar-refractivity contribution in [3.05, 3.63) is 4.77 Å². The van der Waals surface area contributed by atoms with E-state index in [4.69, 9.17) is 18.0 Å². The molecule has 0 radical (unpaired) electrons. The van der Waals surface area contributed by atoms with Gasteiger partial charge in [0.1, 0.15) is 0 Å². The molecule has 0 amide bonds. The van der Waals surface area contributed by atoms with Crippen LogP contribution in [0.4, 0.5) is 5.95 Å². The van der Waals surface area contributed by atoms with Gasteiger partial charge in [0.2, 0.25) is 5.95 Å². The molecule has 3 N–H and O–H groups in total. The van der Waals surface area contributed by atoms with Crippen molar-refractivity contribution >= 4 is 18.2 Å². The molecule has 0 bridgehead atoms. The largest absolute Gasteiger partial charge is 0.368 e. The zero-order valence-electron chi connectivity index (χ0n) is 8.36. The Balaban J connectivity index is 2.25. The highest BCUT2D eigenvalue weighted by molar-refractivity contribution is 7.71. The monoisotopic (exact) mass is 212 g/mol. The first-order chi connectivity index (χ1) is 6.70. The minimum atomic E-state index is 0.378. The predicted molar refractivity (Wildman–Crippen MR) is 58.5 cm³/mol. The third kappa shape index (κ3) is 1.56. The number of H-pyrrole nitrogens is 1. The summed E-state index contributed by atoms with van der Waals surface area (Å²) in [5.74, 6) is 1.22. The predicted octanol–water partition coefficient (Wildman–Crippen LogP) is 2.27. The maximum Gasteiger partial charge on any atom is 0.220 e.